The molecule has 0 saturated heterocycles. The molecule has 0 aliphatic carbocycles. The Labute approximate surface area is 87.1 Å². The van der Waals surface area contributed by atoms with Gasteiger partial charge in [-0.2, -0.15) is 24.3 Å². The molecule has 0 heterocycles. The van der Waals surface area contributed by atoms with E-state index < -0.39 is 0 Å². The van der Waals surface area contributed by atoms with Crippen molar-refractivity contribution in [2.45, 2.75) is 0 Å². The first-order valence-corrected chi connectivity index (χ1v) is 2.93. The van der Waals surface area contributed by atoms with Crippen molar-refractivity contribution >= 4 is 5.69 Å². The second-order valence-electron chi connectivity index (χ2n) is 1.70. The normalized spacial score (nSPS) is 8.10. The van der Waals surface area contributed by atoms with Crippen LogP contribution in [-0.2, 0) is 32.7 Å². The Hall–Kier alpha value is 0.124. The topological polar surface area (TPSA) is 12.0 Å². The van der Waals surface area contributed by atoms with Gasteiger partial charge in [-0.1, -0.05) is 5.69 Å². The van der Waals surface area contributed by atoms with E-state index in [9.17, 15) is 0 Å². The molecular formula is C8H9NY-2. The SMILES string of the molecule is [CH2-]CNc1[c-]cccc1.[Y]. The molecule has 10 heavy (non-hydrogen) atoms. The number of rotatable bonds is 2. The summed E-state index contributed by atoms with van der Waals surface area (Å²) < 4.78 is 0. The third-order valence-electron chi connectivity index (χ3n) is 1.02. The van der Waals surface area contributed by atoms with E-state index in [-0.39, 0.29) is 32.7 Å². The first kappa shape index (κ1) is 10.1. The number of para-hydroxylation sites is 1. The number of hydrogen-bond donors (Lipinski definition) is 1. The first-order valence-electron chi connectivity index (χ1n) is 2.93. The molecule has 1 N–H and O–H groups in total. The zero-order valence-corrected chi connectivity index (χ0v) is 8.64. The fraction of sp³-hybridized carbons (Fsp3) is 0.125. The molecule has 2 heteroatoms. The smallest absolute Gasteiger partial charge is 0 e. The fourth-order valence-corrected chi connectivity index (χ4v) is 0.638. The standard InChI is InChI=1S/C8H9N.Y/c1-2-9-8-6-4-3-5-7-8;/h3-6,9H,1-2H2;/q-2;. The van der Waals surface area contributed by atoms with E-state index in [0.717, 1.165) is 5.69 Å². The van der Waals surface area contributed by atoms with E-state index in [1.807, 2.05) is 24.3 Å². The molecule has 1 aromatic rings. The van der Waals surface area contributed by atoms with Crippen molar-refractivity contribution in [2.75, 3.05) is 11.9 Å². The minimum Gasteiger partial charge on any atom is -0.436 e. The van der Waals surface area contributed by atoms with Gasteiger partial charge in [-0.15, -0.1) is 12.6 Å². The molecule has 0 bridgehead atoms. The van der Waals surface area contributed by atoms with Crippen molar-refractivity contribution in [3.8, 4) is 0 Å². The van der Waals surface area contributed by atoms with Crippen molar-refractivity contribution in [1.82, 2.24) is 0 Å². The second kappa shape index (κ2) is 5.88. The minimum absolute atomic E-state index is 0. The molecule has 0 spiro atoms. The zero-order valence-electron chi connectivity index (χ0n) is 5.80. The third-order valence-corrected chi connectivity index (χ3v) is 1.02. The Morgan fingerprint density at radius 1 is 1.50 bits per heavy atom. The van der Waals surface area contributed by atoms with Gasteiger partial charge in [-0.05, 0) is 0 Å². The maximum atomic E-state index is 3.65. The minimum atomic E-state index is 0. The van der Waals surface area contributed by atoms with Crippen LogP contribution >= 0.6 is 0 Å². The predicted molar refractivity (Wildman–Crippen MR) is 39.1 cm³/mol. The Morgan fingerprint density at radius 3 is 2.80 bits per heavy atom. The van der Waals surface area contributed by atoms with E-state index >= 15 is 0 Å². The van der Waals surface area contributed by atoms with Crippen LogP contribution in [-0.4, -0.2) is 6.54 Å². The van der Waals surface area contributed by atoms with Crippen molar-refractivity contribution in [3.63, 3.8) is 0 Å². The molecule has 0 amide bonds. The van der Waals surface area contributed by atoms with Crippen molar-refractivity contribution in [3.05, 3.63) is 37.3 Å². The van der Waals surface area contributed by atoms with Crippen LogP contribution in [0.5, 0.6) is 0 Å². The molecule has 1 radical (unpaired) electrons. The zero-order chi connectivity index (χ0) is 6.53. The first-order chi connectivity index (χ1) is 4.43. The van der Waals surface area contributed by atoms with Gasteiger partial charge in [0.15, 0.2) is 0 Å². The van der Waals surface area contributed by atoms with Crippen LogP contribution in [0.15, 0.2) is 24.3 Å². The van der Waals surface area contributed by atoms with E-state index in [4.69, 9.17) is 0 Å². The van der Waals surface area contributed by atoms with Crippen LogP contribution in [0.25, 0.3) is 0 Å². The molecular weight excluding hydrogens is 199 g/mol. The maximum absolute atomic E-state index is 3.65. The molecule has 0 aliphatic rings. The van der Waals surface area contributed by atoms with Crippen molar-refractivity contribution < 1.29 is 32.7 Å². The van der Waals surface area contributed by atoms with Gasteiger partial charge in [-0.3, -0.25) is 0 Å². The van der Waals surface area contributed by atoms with Gasteiger partial charge >= 0.3 is 0 Å². The average Bonchev–Trinajstić information content (AvgIpc) is 1.91. The fourth-order valence-electron chi connectivity index (χ4n) is 0.638. The number of hydrogen-bond acceptors (Lipinski definition) is 1. The Bertz CT molecular complexity index is 162. The van der Waals surface area contributed by atoms with Gasteiger partial charge in [0.1, 0.15) is 0 Å². The number of benzene rings is 1. The largest absolute Gasteiger partial charge is 0.436 e. The van der Waals surface area contributed by atoms with E-state index in [0.29, 0.717) is 6.54 Å². The van der Waals surface area contributed by atoms with Crippen molar-refractivity contribution in [2.24, 2.45) is 0 Å². The molecule has 0 aliphatic heterocycles. The van der Waals surface area contributed by atoms with Crippen LogP contribution in [0.3, 0.4) is 0 Å². The Kier molecular flexibility index (Phi) is 5.95. The Morgan fingerprint density at radius 2 is 2.30 bits per heavy atom. The molecule has 0 saturated carbocycles. The quantitative estimate of drug-likeness (QED) is 0.730. The second-order valence-corrected chi connectivity index (χ2v) is 1.70. The summed E-state index contributed by atoms with van der Waals surface area (Å²) in [7, 11) is 0. The van der Waals surface area contributed by atoms with Crippen LogP contribution in [0.1, 0.15) is 0 Å². The predicted octanol–water partition coefficient (Wildman–Crippen LogP) is 1.73. The van der Waals surface area contributed by atoms with Crippen LogP contribution < -0.4 is 5.32 Å². The van der Waals surface area contributed by atoms with Gasteiger partial charge in [0, 0.05) is 32.7 Å². The van der Waals surface area contributed by atoms with Crippen LogP contribution in [0.4, 0.5) is 5.69 Å². The molecule has 1 rings (SSSR count). The molecule has 1 aromatic carbocycles. The molecule has 0 fully saturated rings. The summed E-state index contributed by atoms with van der Waals surface area (Å²) in [6, 6.07) is 10.8. The third kappa shape index (κ3) is 3.33. The van der Waals surface area contributed by atoms with Crippen LogP contribution in [0.2, 0.25) is 0 Å². The summed E-state index contributed by atoms with van der Waals surface area (Å²) in [5, 5.41) is 3.04. The summed E-state index contributed by atoms with van der Waals surface area (Å²) in [6.45, 7) is 4.36. The van der Waals surface area contributed by atoms with E-state index in [2.05, 4.69) is 18.3 Å². The summed E-state index contributed by atoms with van der Waals surface area (Å²) in [4.78, 5) is 0. The maximum Gasteiger partial charge on any atom is 0 e. The summed E-state index contributed by atoms with van der Waals surface area (Å²) in [5.41, 5.74) is 1.01. The van der Waals surface area contributed by atoms with E-state index in [1.165, 1.54) is 0 Å². The van der Waals surface area contributed by atoms with Gasteiger partial charge in [0.25, 0.3) is 0 Å². The molecule has 0 unspecified atom stereocenters. The summed E-state index contributed by atoms with van der Waals surface area (Å²) in [5.74, 6) is 0. The van der Waals surface area contributed by atoms with Gasteiger partial charge in [0.2, 0.25) is 0 Å². The molecule has 1 nitrogen and oxygen atoms in total. The van der Waals surface area contributed by atoms with E-state index in [1.54, 1.807) is 0 Å². The number of anilines is 1. The van der Waals surface area contributed by atoms with Crippen LogP contribution in [0, 0.1) is 13.0 Å². The van der Waals surface area contributed by atoms with Crippen molar-refractivity contribution in [1.29, 1.82) is 0 Å². The molecule has 0 aromatic heterocycles. The molecule has 0 atom stereocenters. The van der Waals surface area contributed by atoms with Gasteiger partial charge in [0.05, 0.1) is 0 Å². The molecule has 51 valence electrons. The number of nitrogens with one attached hydrogen (secondary N) is 1. The summed E-state index contributed by atoms with van der Waals surface area (Å²) >= 11 is 0. The van der Waals surface area contributed by atoms with Gasteiger partial charge in [-0.25, -0.2) is 0 Å². The average molecular weight is 208 g/mol. The summed E-state index contributed by atoms with van der Waals surface area (Å²) in [6.07, 6.45) is 0. The monoisotopic (exact) mass is 208 g/mol. The van der Waals surface area contributed by atoms with Gasteiger partial charge < -0.3 is 12.2 Å². The Balaban J connectivity index is 0.000000810.